The Balaban J connectivity index is 2.00. The number of aryl methyl sites for hydroxylation is 2. The molecule has 0 saturated heterocycles. The molecule has 0 saturated carbocycles. The number of rotatable bonds is 7. The summed E-state index contributed by atoms with van der Waals surface area (Å²) < 4.78 is 5.58. The van der Waals surface area contributed by atoms with E-state index in [1.807, 2.05) is 45.0 Å². The van der Waals surface area contributed by atoms with Gasteiger partial charge in [-0.3, -0.25) is 9.78 Å². The fourth-order valence-corrected chi connectivity index (χ4v) is 2.45. The van der Waals surface area contributed by atoms with Gasteiger partial charge in [0.05, 0.1) is 0 Å². The highest BCUT2D eigenvalue weighted by atomic mass is 16.5. The summed E-state index contributed by atoms with van der Waals surface area (Å²) in [7, 11) is 0. The molecule has 0 aliphatic carbocycles. The lowest BCUT2D eigenvalue weighted by atomic mass is 10.1. The van der Waals surface area contributed by atoms with Crippen LogP contribution in [-0.4, -0.2) is 30.1 Å². The fourth-order valence-electron chi connectivity index (χ4n) is 2.45. The molecule has 1 aromatic carbocycles. The number of amides is 1. The number of nitrogens with zero attached hydrogens (tertiary/aromatic N) is 1. The van der Waals surface area contributed by atoms with Gasteiger partial charge in [-0.25, -0.2) is 0 Å². The average molecular weight is 327 g/mol. The Hall–Kier alpha value is -2.40. The Morgan fingerprint density at radius 1 is 1.29 bits per heavy atom. The molecule has 24 heavy (non-hydrogen) atoms. The van der Waals surface area contributed by atoms with E-state index in [-0.39, 0.29) is 11.9 Å². The minimum Gasteiger partial charge on any atom is -0.492 e. The zero-order valence-electron chi connectivity index (χ0n) is 14.5. The molecule has 5 heteroatoms. The number of hydrogen-bond donors (Lipinski definition) is 2. The number of aromatic nitrogens is 1. The van der Waals surface area contributed by atoms with Crippen LogP contribution in [0.2, 0.25) is 0 Å². The Morgan fingerprint density at radius 2 is 2.08 bits per heavy atom. The summed E-state index contributed by atoms with van der Waals surface area (Å²) in [5, 5.41) is 3.01. The Kier molecular flexibility index (Phi) is 6.32. The first kappa shape index (κ1) is 17.9. The van der Waals surface area contributed by atoms with Crippen molar-refractivity contribution in [1.29, 1.82) is 0 Å². The molecule has 2 rings (SSSR count). The maximum atomic E-state index is 12.4. The summed E-state index contributed by atoms with van der Waals surface area (Å²) in [6.07, 6.45) is 0.690. The van der Waals surface area contributed by atoms with E-state index in [0.29, 0.717) is 30.9 Å². The van der Waals surface area contributed by atoms with Gasteiger partial charge in [0, 0.05) is 36.0 Å². The summed E-state index contributed by atoms with van der Waals surface area (Å²) in [6.45, 7) is 6.75. The van der Waals surface area contributed by atoms with Crippen LogP contribution in [0.15, 0.2) is 36.4 Å². The average Bonchev–Trinajstić information content (AvgIpc) is 2.53. The number of ether oxygens (including phenoxy) is 1. The molecule has 1 amide bonds. The maximum absolute atomic E-state index is 12.4. The number of nitrogens with two attached hydrogens (primary N) is 1. The molecule has 5 nitrogen and oxygen atoms in total. The van der Waals surface area contributed by atoms with Crippen molar-refractivity contribution >= 4 is 5.91 Å². The van der Waals surface area contributed by atoms with Gasteiger partial charge in [-0.05, 0) is 50.6 Å². The molecule has 128 valence electrons. The fraction of sp³-hybridized carbons (Fsp3) is 0.368. The van der Waals surface area contributed by atoms with E-state index >= 15 is 0 Å². The molecule has 0 radical (unpaired) electrons. The molecule has 0 unspecified atom stereocenters. The third kappa shape index (κ3) is 5.06. The number of carbonyl (C=O) groups excluding carboxylic acids is 1. The zero-order chi connectivity index (χ0) is 17.5. The molecule has 0 bridgehead atoms. The topological polar surface area (TPSA) is 77.2 Å². The van der Waals surface area contributed by atoms with E-state index in [9.17, 15) is 4.79 Å². The number of carbonyl (C=O) groups is 1. The van der Waals surface area contributed by atoms with Gasteiger partial charge in [0.25, 0.3) is 5.91 Å². The van der Waals surface area contributed by atoms with Crippen molar-refractivity contribution in [2.75, 3.05) is 13.2 Å². The van der Waals surface area contributed by atoms with Gasteiger partial charge in [0.15, 0.2) is 0 Å². The second-order valence-corrected chi connectivity index (χ2v) is 5.97. The van der Waals surface area contributed by atoms with Crippen LogP contribution in [0.1, 0.15) is 34.2 Å². The van der Waals surface area contributed by atoms with E-state index < -0.39 is 0 Å². The van der Waals surface area contributed by atoms with Crippen LogP contribution in [0.4, 0.5) is 0 Å². The van der Waals surface area contributed by atoms with Gasteiger partial charge in [-0.1, -0.05) is 12.1 Å². The normalized spacial score (nSPS) is 11.8. The Morgan fingerprint density at radius 3 is 2.79 bits per heavy atom. The second kappa shape index (κ2) is 8.45. The van der Waals surface area contributed by atoms with Gasteiger partial charge >= 0.3 is 0 Å². The first-order valence-corrected chi connectivity index (χ1v) is 8.16. The molecule has 3 N–H and O–H groups in total. The summed E-state index contributed by atoms with van der Waals surface area (Å²) in [4.78, 5) is 16.9. The number of nitrogens with one attached hydrogen (secondary N) is 1. The second-order valence-electron chi connectivity index (χ2n) is 5.97. The van der Waals surface area contributed by atoms with Crippen LogP contribution >= 0.6 is 0 Å². The van der Waals surface area contributed by atoms with E-state index in [4.69, 9.17) is 10.5 Å². The van der Waals surface area contributed by atoms with E-state index in [1.165, 1.54) is 0 Å². The lowest BCUT2D eigenvalue weighted by molar-refractivity contribution is 0.0939. The monoisotopic (exact) mass is 327 g/mol. The molecular weight excluding hydrogens is 302 g/mol. The molecule has 1 aromatic heterocycles. The van der Waals surface area contributed by atoms with Gasteiger partial charge in [-0.2, -0.15) is 0 Å². The number of pyridine rings is 1. The SMILES string of the molecule is Cc1cccc(C[C@@H](C)NC(=O)c2ccc(C)c(OCCN)c2)n1. The standard InChI is InChI=1S/C19H25N3O2/c1-13-7-8-16(12-18(13)24-10-9-20)19(23)22-15(3)11-17-6-4-5-14(2)21-17/h4-8,12,15H,9-11,20H2,1-3H3,(H,22,23)/t15-/m1/s1. The van der Waals surface area contributed by atoms with Crippen molar-refractivity contribution in [2.24, 2.45) is 5.73 Å². The zero-order valence-corrected chi connectivity index (χ0v) is 14.5. The van der Waals surface area contributed by atoms with Crippen LogP contribution in [0, 0.1) is 13.8 Å². The van der Waals surface area contributed by atoms with E-state index in [1.54, 1.807) is 12.1 Å². The highest BCUT2D eigenvalue weighted by Crippen LogP contribution is 2.19. The summed E-state index contributed by atoms with van der Waals surface area (Å²) >= 11 is 0. The molecule has 0 aliphatic heterocycles. The lowest BCUT2D eigenvalue weighted by Gasteiger charge is -2.15. The molecule has 2 aromatic rings. The highest BCUT2D eigenvalue weighted by Gasteiger charge is 2.13. The quantitative estimate of drug-likeness (QED) is 0.818. The predicted molar refractivity (Wildman–Crippen MR) is 95.3 cm³/mol. The van der Waals surface area contributed by atoms with Crippen molar-refractivity contribution in [3.63, 3.8) is 0 Å². The number of benzene rings is 1. The lowest BCUT2D eigenvalue weighted by Crippen LogP contribution is -2.34. The number of hydrogen-bond acceptors (Lipinski definition) is 4. The summed E-state index contributed by atoms with van der Waals surface area (Å²) in [6, 6.07) is 11.3. The van der Waals surface area contributed by atoms with Crippen LogP contribution in [0.5, 0.6) is 5.75 Å². The first-order chi connectivity index (χ1) is 11.5. The van der Waals surface area contributed by atoms with Crippen LogP contribution < -0.4 is 15.8 Å². The van der Waals surface area contributed by atoms with Crippen LogP contribution in [0.3, 0.4) is 0 Å². The molecule has 1 heterocycles. The van der Waals surface area contributed by atoms with Crippen molar-refractivity contribution in [2.45, 2.75) is 33.2 Å². The summed E-state index contributed by atoms with van der Waals surface area (Å²) in [5.74, 6) is 0.578. The van der Waals surface area contributed by atoms with Crippen LogP contribution in [-0.2, 0) is 6.42 Å². The minimum atomic E-state index is -0.118. The van der Waals surface area contributed by atoms with Gasteiger partial charge in [-0.15, -0.1) is 0 Å². The smallest absolute Gasteiger partial charge is 0.251 e. The van der Waals surface area contributed by atoms with Gasteiger partial charge in [0.1, 0.15) is 12.4 Å². The van der Waals surface area contributed by atoms with Crippen molar-refractivity contribution in [1.82, 2.24) is 10.3 Å². The van der Waals surface area contributed by atoms with Crippen molar-refractivity contribution in [3.05, 3.63) is 58.9 Å². The van der Waals surface area contributed by atoms with Gasteiger partial charge in [0.2, 0.25) is 0 Å². The predicted octanol–water partition coefficient (Wildman–Crippen LogP) is 2.40. The third-order valence-corrected chi connectivity index (χ3v) is 3.66. The largest absolute Gasteiger partial charge is 0.492 e. The summed E-state index contributed by atoms with van der Waals surface area (Å²) in [5.41, 5.74) is 8.98. The van der Waals surface area contributed by atoms with Crippen molar-refractivity contribution < 1.29 is 9.53 Å². The van der Waals surface area contributed by atoms with E-state index in [0.717, 1.165) is 17.0 Å². The first-order valence-electron chi connectivity index (χ1n) is 8.16. The van der Waals surface area contributed by atoms with Gasteiger partial charge < -0.3 is 15.8 Å². The highest BCUT2D eigenvalue weighted by molar-refractivity contribution is 5.94. The molecule has 0 aliphatic rings. The van der Waals surface area contributed by atoms with Crippen LogP contribution in [0.25, 0.3) is 0 Å². The Labute approximate surface area is 143 Å². The van der Waals surface area contributed by atoms with Crippen molar-refractivity contribution in [3.8, 4) is 5.75 Å². The Bertz CT molecular complexity index is 701. The minimum absolute atomic E-state index is 0.0125. The molecular formula is C19H25N3O2. The third-order valence-electron chi connectivity index (χ3n) is 3.66. The maximum Gasteiger partial charge on any atom is 0.251 e. The molecule has 1 atom stereocenters. The van der Waals surface area contributed by atoms with E-state index in [2.05, 4.69) is 10.3 Å². The molecule has 0 spiro atoms. The molecule has 0 fully saturated rings.